The number of carbonyl (C=O) groups excluding carboxylic acids is 2. The number of carbonyl (C=O) groups is 2. The summed E-state index contributed by atoms with van der Waals surface area (Å²) >= 11 is 0. The molecule has 0 fully saturated rings. The van der Waals surface area contributed by atoms with Crippen molar-refractivity contribution in [3.8, 4) is 16.9 Å². The Morgan fingerprint density at radius 2 is 1.77 bits per heavy atom. The lowest BCUT2D eigenvalue weighted by Crippen LogP contribution is -2.40. The van der Waals surface area contributed by atoms with Gasteiger partial charge in [-0.05, 0) is 45.0 Å². The average molecular weight is 422 g/mol. The Hall–Kier alpha value is -3.68. The molecule has 162 valence electrons. The molecule has 0 atom stereocenters. The SMILES string of the molecule is CN(CC(=O)NCc1cn(-c2ccccc2)nc1-c1ccncc1)C(=O)OC(C)(C)C. The number of aromatic nitrogens is 3. The monoisotopic (exact) mass is 421 g/mol. The van der Waals surface area contributed by atoms with E-state index in [1.54, 1.807) is 37.8 Å². The predicted octanol–water partition coefficient (Wildman–Crippen LogP) is 3.42. The van der Waals surface area contributed by atoms with Crippen molar-refractivity contribution in [2.75, 3.05) is 13.6 Å². The molecule has 3 aromatic rings. The molecule has 2 heterocycles. The lowest BCUT2D eigenvalue weighted by atomic mass is 10.1. The number of benzene rings is 1. The van der Waals surface area contributed by atoms with Gasteiger partial charge in [0, 0.05) is 43.3 Å². The minimum absolute atomic E-state index is 0.105. The van der Waals surface area contributed by atoms with Gasteiger partial charge in [0.1, 0.15) is 12.1 Å². The van der Waals surface area contributed by atoms with Crippen LogP contribution in [-0.2, 0) is 16.1 Å². The first kappa shape index (κ1) is 22.0. The molecule has 0 radical (unpaired) electrons. The van der Waals surface area contributed by atoms with Crippen molar-refractivity contribution in [3.05, 3.63) is 66.6 Å². The van der Waals surface area contributed by atoms with Crippen LogP contribution in [0.4, 0.5) is 4.79 Å². The van der Waals surface area contributed by atoms with Gasteiger partial charge in [-0.2, -0.15) is 5.10 Å². The van der Waals surface area contributed by atoms with Gasteiger partial charge in [-0.15, -0.1) is 0 Å². The number of rotatable bonds is 6. The second-order valence-electron chi connectivity index (χ2n) is 8.13. The van der Waals surface area contributed by atoms with Gasteiger partial charge in [0.05, 0.1) is 11.4 Å². The molecule has 1 aromatic carbocycles. The molecule has 0 spiro atoms. The molecule has 0 unspecified atom stereocenters. The van der Waals surface area contributed by atoms with Crippen LogP contribution in [0.5, 0.6) is 0 Å². The van der Waals surface area contributed by atoms with E-state index in [0.717, 1.165) is 22.5 Å². The van der Waals surface area contributed by atoms with Crippen molar-refractivity contribution < 1.29 is 14.3 Å². The van der Waals surface area contributed by atoms with Crippen LogP contribution < -0.4 is 5.32 Å². The molecule has 0 aliphatic carbocycles. The third-order valence-corrected chi connectivity index (χ3v) is 4.33. The summed E-state index contributed by atoms with van der Waals surface area (Å²) < 4.78 is 7.06. The molecular formula is C23H27N5O3. The zero-order chi connectivity index (χ0) is 22.4. The van der Waals surface area contributed by atoms with Gasteiger partial charge in [0.2, 0.25) is 5.91 Å². The summed E-state index contributed by atoms with van der Waals surface area (Å²) in [5.74, 6) is -0.290. The fraction of sp³-hybridized carbons (Fsp3) is 0.304. The zero-order valence-corrected chi connectivity index (χ0v) is 18.2. The minimum atomic E-state index is -0.618. The summed E-state index contributed by atoms with van der Waals surface area (Å²) in [5.41, 5.74) is 2.81. The van der Waals surface area contributed by atoms with E-state index in [9.17, 15) is 9.59 Å². The van der Waals surface area contributed by atoms with E-state index in [4.69, 9.17) is 9.84 Å². The predicted molar refractivity (Wildman–Crippen MR) is 118 cm³/mol. The van der Waals surface area contributed by atoms with E-state index in [0.29, 0.717) is 0 Å². The first-order valence-electron chi connectivity index (χ1n) is 9.98. The lowest BCUT2D eigenvalue weighted by Gasteiger charge is -2.24. The Kier molecular flexibility index (Phi) is 6.69. The largest absolute Gasteiger partial charge is 0.444 e. The Morgan fingerprint density at radius 3 is 2.42 bits per heavy atom. The van der Waals surface area contributed by atoms with Crippen LogP contribution in [0.15, 0.2) is 61.1 Å². The van der Waals surface area contributed by atoms with E-state index in [1.165, 1.54) is 11.9 Å². The Labute approximate surface area is 181 Å². The molecule has 0 saturated heterocycles. The molecule has 0 bridgehead atoms. The quantitative estimate of drug-likeness (QED) is 0.659. The summed E-state index contributed by atoms with van der Waals surface area (Å²) in [6.45, 7) is 5.51. The van der Waals surface area contributed by atoms with E-state index >= 15 is 0 Å². The molecule has 2 amide bonds. The summed E-state index contributed by atoms with van der Waals surface area (Å²) in [4.78, 5) is 29.8. The van der Waals surface area contributed by atoms with Crippen molar-refractivity contribution in [1.29, 1.82) is 0 Å². The van der Waals surface area contributed by atoms with Crippen LogP contribution >= 0.6 is 0 Å². The fourth-order valence-electron chi connectivity index (χ4n) is 2.87. The highest BCUT2D eigenvalue weighted by Crippen LogP contribution is 2.23. The highest BCUT2D eigenvalue weighted by Gasteiger charge is 2.21. The van der Waals surface area contributed by atoms with Crippen LogP contribution in [0, 0.1) is 0 Å². The highest BCUT2D eigenvalue weighted by molar-refractivity contribution is 5.82. The standard InChI is InChI=1S/C23H27N5O3/c1-23(2,3)31-22(30)27(4)16-20(29)25-14-18-15-28(19-8-6-5-7-9-19)26-21(18)17-10-12-24-13-11-17/h5-13,15H,14,16H2,1-4H3,(H,25,29). The van der Waals surface area contributed by atoms with Crippen molar-refractivity contribution in [1.82, 2.24) is 25.0 Å². The van der Waals surface area contributed by atoms with E-state index < -0.39 is 11.7 Å². The summed E-state index contributed by atoms with van der Waals surface area (Å²) in [5, 5.41) is 7.58. The van der Waals surface area contributed by atoms with Gasteiger partial charge in [0.25, 0.3) is 0 Å². The number of para-hydroxylation sites is 1. The Bertz CT molecular complexity index is 1030. The van der Waals surface area contributed by atoms with E-state index in [-0.39, 0.29) is 19.0 Å². The highest BCUT2D eigenvalue weighted by atomic mass is 16.6. The first-order chi connectivity index (χ1) is 14.7. The molecule has 0 aliphatic heterocycles. The van der Waals surface area contributed by atoms with E-state index in [2.05, 4.69) is 10.3 Å². The molecule has 3 rings (SSSR count). The molecule has 2 aromatic heterocycles. The normalized spacial score (nSPS) is 11.1. The smallest absolute Gasteiger partial charge is 0.410 e. The number of hydrogen-bond acceptors (Lipinski definition) is 5. The van der Waals surface area contributed by atoms with Gasteiger partial charge in [0.15, 0.2) is 0 Å². The van der Waals surface area contributed by atoms with Crippen molar-refractivity contribution >= 4 is 12.0 Å². The summed E-state index contributed by atoms with van der Waals surface area (Å²) in [6, 6.07) is 13.5. The van der Waals surface area contributed by atoms with E-state index in [1.807, 2.05) is 48.7 Å². The number of nitrogens with zero attached hydrogens (tertiary/aromatic N) is 4. The van der Waals surface area contributed by atoms with Gasteiger partial charge in [-0.3, -0.25) is 9.78 Å². The number of likely N-dealkylation sites (N-methyl/N-ethyl adjacent to an activating group) is 1. The summed E-state index contributed by atoms with van der Waals surface area (Å²) in [7, 11) is 1.53. The third-order valence-electron chi connectivity index (χ3n) is 4.33. The molecular weight excluding hydrogens is 394 g/mol. The van der Waals surface area contributed by atoms with Crippen molar-refractivity contribution in [3.63, 3.8) is 0 Å². The fourth-order valence-corrected chi connectivity index (χ4v) is 2.87. The number of amides is 2. The van der Waals surface area contributed by atoms with Gasteiger partial charge >= 0.3 is 6.09 Å². The topological polar surface area (TPSA) is 89.4 Å². The first-order valence-corrected chi connectivity index (χ1v) is 9.98. The maximum absolute atomic E-state index is 12.4. The molecule has 31 heavy (non-hydrogen) atoms. The van der Waals surface area contributed by atoms with Gasteiger partial charge in [-0.25, -0.2) is 9.48 Å². The maximum Gasteiger partial charge on any atom is 0.410 e. The zero-order valence-electron chi connectivity index (χ0n) is 18.2. The van der Waals surface area contributed by atoms with Gasteiger partial charge in [-0.1, -0.05) is 18.2 Å². The second-order valence-corrected chi connectivity index (χ2v) is 8.13. The summed E-state index contributed by atoms with van der Waals surface area (Å²) in [6.07, 6.45) is 4.75. The second kappa shape index (κ2) is 9.42. The molecule has 1 N–H and O–H groups in total. The molecule has 0 aliphatic rings. The van der Waals surface area contributed by atoms with Crippen LogP contribution in [0.25, 0.3) is 16.9 Å². The van der Waals surface area contributed by atoms with Crippen LogP contribution in [0.1, 0.15) is 26.3 Å². The molecule has 0 saturated carbocycles. The van der Waals surface area contributed by atoms with Crippen LogP contribution in [0.2, 0.25) is 0 Å². The van der Waals surface area contributed by atoms with Crippen molar-refractivity contribution in [2.24, 2.45) is 0 Å². The molecule has 8 heteroatoms. The Morgan fingerprint density at radius 1 is 1.10 bits per heavy atom. The lowest BCUT2D eigenvalue weighted by molar-refractivity contribution is -0.122. The number of hydrogen-bond donors (Lipinski definition) is 1. The number of pyridine rings is 1. The van der Waals surface area contributed by atoms with Crippen LogP contribution in [0.3, 0.4) is 0 Å². The Balaban J connectivity index is 1.72. The average Bonchev–Trinajstić information content (AvgIpc) is 3.16. The maximum atomic E-state index is 12.4. The van der Waals surface area contributed by atoms with Gasteiger partial charge < -0.3 is 15.0 Å². The number of ether oxygens (including phenoxy) is 1. The van der Waals surface area contributed by atoms with Crippen molar-refractivity contribution in [2.45, 2.75) is 32.9 Å². The third kappa shape index (κ3) is 6.15. The molecule has 8 nitrogen and oxygen atoms in total. The van der Waals surface area contributed by atoms with Crippen LogP contribution in [-0.4, -0.2) is 50.9 Å². The minimum Gasteiger partial charge on any atom is -0.444 e. The number of nitrogens with one attached hydrogen (secondary N) is 1.